The van der Waals surface area contributed by atoms with E-state index in [1.807, 2.05) is 13.8 Å². The van der Waals surface area contributed by atoms with Crippen molar-refractivity contribution in [2.45, 2.75) is 51.7 Å². The van der Waals surface area contributed by atoms with E-state index in [1.165, 1.54) is 19.6 Å². The highest BCUT2D eigenvalue weighted by molar-refractivity contribution is 5.96. The first kappa shape index (κ1) is 24.3. The zero-order valence-electron chi connectivity index (χ0n) is 20.6. The number of furan rings is 1. The quantitative estimate of drug-likeness (QED) is 0.457. The van der Waals surface area contributed by atoms with E-state index >= 15 is 0 Å². The molecule has 0 spiro atoms. The maximum absolute atomic E-state index is 14.1. The summed E-state index contributed by atoms with van der Waals surface area (Å²) in [4.78, 5) is 53.3. The number of ketones is 1. The zero-order chi connectivity index (χ0) is 25.7. The number of ether oxygens (including phenoxy) is 3. The number of carbonyl (C=O) groups excluding carboxylic acids is 4. The first-order chi connectivity index (χ1) is 17.2. The van der Waals surface area contributed by atoms with Crippen LogP contribution in [0.25, 0.3) is 0 Å². The monoisotopic (exact) mass is 494 g/mol. The summed E-state index contributed by atoms with van der Waals surface area (Å²) >= 11 is 0. The van der Waals surface area contributed by atoms with Crippen molar-refractivity contribution >= 4 is 23.7 Å². The Bertz CT molecular complexity index is 1170. The van der Waals surface area contributed by atoms with E-state index in [1.54, 1.807) is 36.4 Å². The van der Waals surface area contributed by atoms with Gasteiger partial charge >= 0.3 is 17.9 Å². The maximum atomic E-state index is 14.1. The Morgan fingerprint density at radius 3 is 2.47 bits per heavy atom. The Labute approximate surface area is 209 Å². The molecule has 2 heterocycles. The molecule has 1 aromatic carbocycles. The molecule has 1 aromatic heterocycles. The Hall–Kier alpha value is -3.42. The molecular formula is C28H30O8. The summed E-state index contributed by atoms with van der Waals surface area (Å²) in [5.41, 5.74) is -0.535. The van der Waals surface area contributed by atoms with Crippen molar-refractivity contribution in [3.8, 4) is 0 Å². The molecule has 0 bridgehead atoms. The van der Waals surface area contributed by atoms with Gasteiger partial charge in [-0.25, -0.2) is 4.79 Å². The van der Waals surface area contributed by atoms with Crippen molar-refractivity contribution < 1.29 is 37.8 Å². The highest BCUT2D eigenvalue weighted by Gasteiger charge is 2.67. The molecule has 3 fully saturated rings. The number of hydrogen-bond acceptors (Lipinski definition) is 8. The first-order valence-electron chi connectivity index (χ1n) is 12.3. The average molecular weight is 495 g/mol. The Morgan fingerprint density at radius 1 is 1.06 bits per heavy atom. The lowest BCUT2D eigenvalue weighted by Gasteiger charge is -2.61. The third-order valence-corrected chi connectivity index (χ3v) is 8.76. The predicted octanol–water partition coefficient (Wildman–Crippen LogP) is 4.29. The standard InChI is InChI=1S/C28H30O8/c1-27-11-9-18-26(32)36-21(17-10-12-34-15-17)14-28(18,2)23(27)22(29)20(13-19(27)25(31)33-3)35-24(30)16-7-5-4-6-8-16/h4-8,10,12,15,18-21,23H,9,11,13-14H2,1-3H3/t18-,19-,20+,21-,23-,27-,28-/m0/s1. The summed E-state index contributed by atoms with van der Waals surface area (Å²) in [6, 6.07) is 10.2. The lowest BCUT2D eigenvalue weighted by molar-refractivity contribution is -0.208. The molecule has 2 aromatic rings. The summed E-state index contributed by atoms with van der Waals surface area (Å²) in [7, 11) is 1.32. The minimum Gasteiger partial charge on any atom is -0.472 e. The van der Waals surface area contributed by atoms with Gasteiger partial charge in [-0.2, -0.15) is 0 Å². The number of cyclic esters (lactones) is 1. The molecule has 3 aliphatic rings. The lowest BCUT2D eigenvalue weighted by Crippen LogP contribution is -2.64. The van der Waals surface area contributed by atoms with Gasteiger partial charge in [0, 0.05) is 17.9 Å². The molecule has 2 aliphatic carbocycles. The van der Waals surface area contributed by atoms with Crippen molar-refractivity contribution in [2.24, 2.45) is 28.6 Å². The van der Waals surface area contributed by atoms with Gasteiger partial charge in [0.2, 0.25) is 0 Å². The number of fused-ring (bicyclic) bond motifs is 3. The Balaban J connectivity index is 1.54. The third kappa shape index (κ3) is 3.74. The van der Waals surface area contributed by atoms with Gasteiger partial charge in [0.1, 0.15) is 6.10 Å². The molecule has 8 nitrogen and oxygen atoms in total. The van der Waals surface area contributed by atoms with Crippen LogP contribution in [0.2, 0.25) is 0 Å². The third-order valence-electron chi connectivity index (χ3n) is 8.76. The molecule has 0 unspecified atom stereocenters. The minimum atomic E-state index is -1.12. The van der Waals surface area contributed by atoms with Crippen molar-refractivity contribution in [3.05, 3.63) is 60.1 Å². The molecule has 2 saturated carbocycles. The SMILES string of the molecule is COC(=O)[C@@H]1C[C@@H](OC(=O)c2ccccc2)C(=O)[C@H]2[C@@]1(C)CC[C@H]1C(=O)O[C@H](c3ccoc3)C[C@]21C. The fraction of sp³-hybridized carbons (Fsp3) is 0.500. The van der Waals surface area contributed by atoms with E-state index in [9.17, 15) is 19.2 Å². The second-order valence-electron chi connectivity index (χ2n) is 10.7. The van der Waals surface area contributed by atoms with Crippen LogP contribution in [0.3, 0.4) is 0 Å². The summed E-state index contributed by atoms with van der Waals surface area (Å²) in [5.74, 6) is -3.57. The van der Waals surface area contributed by atoms with Gasteiger partial charge in [0.15, 0.2) is 11.9 Å². The van der Waals surface area contributed by atoms with Crippen LogP contribution in [0, 0.1) is 28.6 Å². The highest BCUT2D eigenvalue weighted by atomic mass is 16.6. The molecule has 36 heavy (non-hydrogen) atoms. The van der Waals surface area contributed by atoms with Gasteiger partial charge in [-0.3, -0.25) is 14.4 Å². The minimum absolute atomic E-state index is 0.0490. The largest absolute Gasteiger partial charge is 0.472 e. The van der Waals surface area contributed by atoms with Crippen LogP contribution in [0.15, 0.2) is 53.3 Å². The predicted molar refractivity (Wildman–Crippen MR) is 125 cm³/mol. The van der Waals surface area contributed by atoms with E-state index in [2.05, 4.69) is 0 Å². The van der Waals surface area contributed by atoms with Gasteiger partial charge in [0.05, 0.1) is 37.0 Å². The van der Waals surface area contributed by atoms with Crippen LogP contribution in [-0.2, 0) is 28.6 Å². The normalized spacial score (nSPS) is 35.7. The fourth-order valence-corrected chi connectivity index (χ4v) is 7.03. The highest BCUT2D eigenvalue weighted by Crippen LogP contribution is 2.65. The Kier molecular flexibility index (Phi) is 6.01. The van der Waals surface area contributed by atoms with Crippen molar-refractivity contribution in [3.63, 3.8) is 0 Å². The van der Waals surface area contributed by atoms with E-state index in [0.29, 0.717) is 24.8 Å². The number of methoxy groups -OCH3 is 1. The molecule has 0 amide bonds. The van der Waals surface area contributed by atoms with E-state index in [-0.39, 0.29) is 18.2 Å². The number of hydrogen-bond donors (Lipinski definition) is 0. The number of Topliss-reactive ketones (excluding diaryl/α,β-unsaturated/α-hetero) is 1. The molecule has 7 atom stereocenters. The summed E-state index contributed by atoms with van der Waals surface area (Å²) in [5, 5.41) is 0. The average Bonchev–Trinajstić information content (AvgIpc) is 3.40. The maximum Gasteiger partial charge on any atom is 0.338 e. The Morgan fingerprint density at radius 2 is 1.81 bits per heavy atom. The number of esters is 3. The van der Waals surface area contributed by atoms with Crippen LogP contribution in [0.1, 0.15) is 61.6 Å². The van der Waals surface area contributed by atoms with E-state index < -0.39 is 52.7 Å². The number of carbonyl (C=O) groups is 4. The topological polar surface area (TPSA) is 109 Å². The van der Waals surface area contributed by atoms with Gasteiger partial charge in [0.25, 0.3) is 0 Å². The molecule has 1 aliphatic heterocycles. The molecule has 190 valence electrons. The first-order valence-corrected chi connectivity index (χ1v) is 12.3. The molecule has 0 radical (unpaired) electrons. The number of rotatable bonds is 4. The van der Waals surface area contributed by atoms with Crippen LogP contribution in [0.5, 0.6) is 0 Å². The molecular weight excluding hydrogens is 464 g/mol. The molecule has 1 saturated heterocycles. The molecule has 8 heteroatoms. The van der Waals surface area contributed by atoms with Gasteiger partial charge < -0.3 is 18.6 Å². The summed E-state index contributed by atoms with van der Waals surface area (Å²) < 4.78 is 21.9. The van der Waals surface area contributed by atoms with Gasteiger partial charge in [-0.05, 0) is 48.3 Å². The van der Waals surface area contributed by atoms with Crippen molar-refractivity contribution in [1.29, 1.82) is 0 Å². The van der Waals surface area contributed by atoms with E-state index in [4.69, 9.17) is 18.6 Å². The fourth-order valence-electron chi connectivity index (χ4n) is 7.03. The summed E-state index contributed by atoms with van der Waals surface area (Å²) in [6.45, 7) is 3.86. The van der Waals surface area contributed by atoms with E-state index in [0.717, 1.165) is 5.56 Å². The smallest absolute Gasteiger partial charge is 0.338 e. The zero-order valence-corrected chi connectivity index (χ0v) is 20.6. The second kappa shape index (κ2) is 8.91. The van der Waals surface area contributed by atoms with Crippen LogP contribution in [-0.4, -0.2) is 36.9 Å². The van der Waals surface area contributed by atoms with Crippen LogP contribution in [0.4, 0.5) is 0 Å². The summed E-state index contributed by atoms with van der Waals surface area (Å²) in [6.07, 6.45) is 2.77. The second-order valence-corrected chi connectivity index (χ2v) is 10.7. The van der Waals surface area contributed by atoms with Gasteiger partial charge in [-0.1, -0.05) is 32.0 Å². The number of benzene rings is 1. The molecule has 5 rings (SSSR count). The molecule has 0 N–H and O–H groups in total. The van der Waals surface area contributed by atoms with Crippen molar-refractivity contribution in [2.75, 3.05) is 7.11 Å². The van der Waals surface area contributed by atoms with Crippen LogP contribution >= 0.6 is 0 Å². The van der Waals surface area contributed by atoms with Gasteiger partial charge in [-0.15, -0.1) is 0 Å². The lowest BCUT2D eigenvalue weighted by atomic mass is 9.43. The van der Waals surface area contributed by atoms with Crippen LogP contribution < -0.4 is 0 Å². The van der Waals surface area contributed by atoms with Crippen molar-refractivity contribution in [1.82, 2.24) is 0 Å².